The number of aromatic nitrogens is 3. The van der Waals surface area contributed by atoms with E-state index in [0.29, 0.717) is 28.5 Å². The van der Waals surface area contributed by atoms with Gasteiger partial charge in [0.05, 0.1) is 15.9 Å². The van der Waals surface area contributed by atoms with E-state index in [2.05, 4.69) is 20.6 Å². The number of rotatable bonds is 5. The van der Waals surface area contributed by atoms with Crippen molar-refractivity contribution in [2.45, 2.75) is 30.9 Å². The summed E-state index contributed by atoms with van der Waals surface area (Å²) in [6.45, 7) is 5.77. The maximum absolute atomic E-state index is 12.5. The molecule has 8 nitrogen and oxygen atoms in total. The van der Waals surface area contributed by atoms with Crippen LogP contribution in [0.1, 0.15) is 22.6 Å². The summed E-state index contributed by atoms with van der Waals surface area (Å²) in [6, 6.07) is 14.3. The third-order valence-corrected chi connectivity index (χ3v) is 7.54. The molecular weight excluding hydrogens is 470 g/mol. The van der Waals surface area contributed by atoms with Gasteiger partial charge in [0.2, 0.25) is 0 Å². The molecule has 2 amide bonds. The van der Waals surface area contributed by atoms with Crippen LogP contribution in [0.3, 0.4) is 0 Å². The van der Waals surface area contributed by atoms with Crippen LogP contribution in [0.4, 0.5) is 16.2 Å². The van der Waals surface area contributed by atoms with Crippen LogP contribution in [0.25, 0.3) is 15.9 Å². The Bertz CT molecular complexity index is 1600. The number of nitrogens with zero attached hydrogens (tertiary/aromatic N) is 3. The van der Waals surface area contributed by atoms with Crippen molar-refractivity contribution in [3.05, 3.63) is 81.5 Å². The average molecular weight is 492 g/mol. The molecule has 0 atom stereocenters. The van der Waals surface area contributed by atoms with Crippen molar-refractivity contribution in [1.82, 2.24) is 14.5 Å². The van der Waals surface area contributed by atoms with Crippen molar-refractivity contribution in [2.75, 3.05) is 10.6 Å². The van der Waals surface area contributed by atoms with Gasteiger partial charge in [0, 0.05) is 29.3 Å². The molecule has 172 valence electrons. The Kier molecular flexibility index (Phi) is 5.84. The molecule has 5 aromatic rings. The molecule has 0 unspecified atom stereocenters. The fraction of sp³-hybridized carbons (Fsp3) is 0.167. The van der Waals surface area contributed by atoms with Crippen molar-refractivity contribution in [1.29, 1.82) is 0 Å². The second kappa shape index (κ2) is 8.96. The van der Waals surface area contributed by atoms with Crippen LogP contribution >= 0.6 is 23.1 Å². The minimum atomic E-state index is -0.297. The van der Waals surface area contributed by atoms with Gasteiger partial charge in [-0.3, -0.25) is 4.79 Å². The Hall–Kier alpha value is -3.63. The van der Waals surface area contributed by atoms with E-state index in [1.807, 2.05) is 50.2 Å². The Morgan fingerprint density at radius 1 is 1.09 bits per heavy atom. The van der Waals surface area contributed by atoms with E-state index in [1.165, 1.54) is 33.7 Å². The molecule has 34 heavy (non-hydrogen) atoms. The molecule has 5 rings (SSSR count). The molecule has 0 spiro atoms. The Morgan fingerprint density at radius 3 is 2.79 bits per heavy atom. The first-order chi connectivity index (χ1) is 16.4. The van der Waals surface area contributed by atoms with Crippen LogP contribution in [0.5, 0.6) is 0 Å². The first-order valence-corrected chi connectivity index (χ1v) is 12.3. The summed E-state index contributed by atoms with van der Waals surface area (Å²) < 4.78 is 8.33. The van der Waals surface area contributed by atoms with Gasteiger partial charge in [-0.25, -0.2) is 14.8 Å². The average Bonchev–Trinajstić information content (AvgIpc) is 3.37. The molecule has 0 aliphatic rings. The fourth-order valence-electron chi connectivity index (χ4n) is 3.50. The van der Waals surface area contributed by atoms with E-state index in [0.717, 1.165) is 31.4 Å². The van der Waals surface area contributed by atoms with E-state index in [-0.39, 0.29) is 11.6 Å². The summed E-state index contributed by atoms with van der Waals surface area (Å²) >= 11 is 3.04. The minimum absolute atomic E-state index is 0.243. The summed E-state index contributed by atoms with van der Waals surface area (Å²) in [6.07, 6.45) is 0. The Morgan fingerprint density at radius 2 is 1.94 bits per heavy atom. The molecule has 10 heteroatoms. The maximum Gasteiger partial charge on any atom is 0.323 e. The van der Waals surface area contributed by atoms with Crippen LogP contribution in [-0.4, -0.2) is 20.6 Å². The highest BCUT2D eigenvalue weighted by atomic mass is 32.2. The Balaban J connectivity index is 1.27. The molecule has 0 aliphatic carbocycles. The van der Waals surface area contributed by atoms with Gasteiger partial charge in [-0.15, -0.1) is 15.9 Å². The fourth-order valence-corrected chi connectivity index (χ4v) is 5.50. The number of anilines is 2. The molecule has 0 saturated carbocycles. The molecule has 0 bridgehead atoms. The first-order valence-electron chi connectivity index (χ1n) is 10.5. The number of thiazole rings is 1. The highest BCUT2D eigenvalue weighted by Gasteiger charge is 2.11. The second-order valence-electron chi connectivity index (χ2n) is 7.86. The van der Waals surface area contributed by atoms with Crippen LogP contribution in [0.15, 0.2) is 62.2 Å². The molecule has 3 aromatic heterocycles. The summed E-state index contributed by atoms with van der Waals surface area (Å²) in [5, 5.41) is 5.79. The summed E-state index contributed by atoms with van der Waals surface area (Å²) in [4.78, 5) is 33.8. The number of fused-ring (bicyclic) bond motifs is 2. The lowest BCUT2D eigenvalue weighted by molar-refractivity contribution is 0.262. The largest absolute Gasteiger partial charge is 0.375 e. The van der Waals surface area contributed by atoms with Gasteiger partial charge in [0.15, 0.2) is 9.99 Å². The smallest absolute Gasteiger partial charge is 0.323 e. The number of amides is 2. The van der Waals surface area contributed by atoms with Gasteiger partial charge >= 0.3 is 6.03 Å². The van der Waals surface area contributed by atoms with Crippen LogP contribution in [0.2, 0.25) is 0 Å². The quantitative estimate of drug-likeness (QED) is 0.303. The van der Waals surface area contributed by atoms with Gasteiger partial charge < -0.3 is 15.2 Å². The lowest BCUT2D eigenvalue weighted by atomic mass is 10.1. The zero-order valence-electron chi connectivity index (χ0n) is 18.7. The monoisotopic (exact) mass is 491 g/mol. The third kappa shape index (κ3) is 4.55. The molecule has 0 radical (unpaired) electrons. The number of aryl methyl sites for hydroxylation is 2. The van der Waals surface area contributed by atoms with E-state index in [1.54, 1.807) is 13.0 Å². The minimum Gasteiger partial charge on any atom is -0.375 e. The van der Waals surface area contributed by atoms with E-state index < -0.39 is 0 Å². The third-order valence-electron chi connectivity index (χ3n) is 5.35. The maximum atomic E-state index is 12.5. The standard InChI is InChI=1S/C24H21N5O3S2/c1-13-5-4-6-18(15(13)3)27-23(31)26-16-7-8-19-20(10-16)34-24(28-19)33-12-17-11-22(30)29-21(25-17)9-14(2)32-29/h4-11H,12H2,1-3H3,(H2,26,27,31). The topological polar surface area (TPSA) is 102 Å². The molecule has 2 aromatic carbocycles. The number of urea groups is 1. The van der Waals surface area contributed by atoms with Crippen molar-refractivity contribution in [2.24, 2.45) is 0 Å². The summed E-state index contributed by atoms with van der Waals surface area (Å²) in [5.41, 5.74) is 5.40. The normalized spacial score (nSPS) is 11.3. The van der Waals surface area contributed by atoms with Crippen molar-refractivity contribution >= 4 is 56.4 Å². The van der Waals surface area contributed by atoms with Crippen molar-refractivity contribution in [3.63, 3.8) is 0 Å². The number of nitrogens with one attached hydrogen (secondary N) is 2. The summed E-state index contributed by atoms with van der Waals surface area (Å²) in [5.74, 6) is 1.15. The van der Waals surface area contributed by atoms with E-state index in [9.17, 15) is 9.59 Å². The number of thioether (sulfide) groups is 1. The van der Waals surface area contributed by atoms with Crippen molar-refractivity contribution < 1.29 is 9.32 Å². The van der Waals surface area contributed by atoms with Crippen LogP contribution in [0, 0.1) is 20.8 Å². The molecule has 0 fully saturated rings. The Labute approximate surface area is 203 Å². The van der Waals surface area contributed by atoms with Crippen molar-refractivity contribution in [3.8, 4) is 0 Å². The second-order valence-corrected chi connectivity index (χ2v) is 10.1. The van der Waals surface area contributed by atoms with Gasteiger partial charge in [-0.2, -0.15) is 0 Å². The highest BCUT2D eigenvalue weighted by Crippen LogP contribution is 2.32. The zero-order chi connectivity index (χ0) is 23.8. The highest BCUT2D eigenvalue weighted by molar-refractivity contribution is 8.00. The molecule has 0 saturated heterocycles. The van der Waals surface area contributed by atoms with Gasteiger partial charge in [-0.05, 0) is 56.2 Å². The molecule has 0 aliphatic heterocycles. The summed E-state index contributed by atoms with van der Waals surface area (Å²) in [7, 11) is 0. The SMILES string of the molecule is Cc1cc2nc(CSc3nc4ccc(NC(=O)Nc5cccc(C)c5C)cc4s3)cc(=O)n2o1. The van der Waals surface area contributed by atoms with E-state index in [4.69, 9.17) is 4.52 Å². The number of benzene rings is 2. The predicted molar refractivity (Wildman–Crippen MR) is 136 cm³/mol. The molecule has 2 N–H and O–H groups in total. The van der Waals surface area contributed by atoms with Crippen LogP contribution < -0.4 is 16.2 Å². The zero-order valence-corrected chi connectivity index (χ0v) is 20.3. The van der Waals surface area contributed by atoms with Gasteiger partial charge in [-0.1, -0.05) is 23.9 Å². The number of hydrogen-bond donors (Lipinski definition) is 2. The van der Waals surface area contributed by atoms with E-state index >= 15 is 0 Å². The van der Waals surface area contributed by atoms with Gasteiger partial charge in [0.1, 0.15) is 5.76 Å². The lowest BCUT2D eigenvalue weighted by Gasteiger charge is -2.11. The number of carbonyl (C=O) groups excluding carboxylic acids is 1. The predicted octanol–water partition coefficient (Wildman–Crippen LogP) is 5.76. The number of hydrogen-bond acceptors (Lipinski definition) is 7. The first kappa shape index (κ1) is 22.2. The van der Waals surface area contributed by atoms with Gasteiger partial charge in [0.25, 0.3) is 5.56 Å². The van der Waals surface area contributed by atoms with Crippen LogP contribution in [-0.2, 0) is 5.75 Å². The lowest BCUT2D eigenvalue weighted by Crippen LogP contribution is -2.20. The molecular formula is C24H21N5O3S2. The number of carbonyl (C=O) groups is 1. The molecule has 3 heterocycles.